The summed E-state index contributed by atoms with van der Waals surface area (Å²) in [7, 11) is 0. The second-order valence-corrected chi connectivity index (χ2v) is 4.22. The molecule has 78 valence electrons. The molecule has 15 heavy (non-hydrogen) atoms. The third-order valence-corrected chi connectivity index (χ3v) is 2.35. The van der Waals surface area contributed by atoms with Crippen LogP contribution >= 0.6 is 0 Å². The molecule has 0 spiro atoms. The van der Waals surface area contributed by atoms with E-state index in [2.05, 4.69) is 43.2 Å². The smallest absolute Gasteiger partial charge is 0.0645 e. The van der Waals surface area contributed by atoms with Crippen molar-refractivity contribution in [3.63, 3.8) is 0 Å². The van der Waals surface area contributed by atoms with E-state index >= 15 is 0 Å². The van der Waals surface area contributed by atoms with Gasteiger partial charge in [-0.05, 0) is 36.1 Å². The van der Waals surface area contributed by atoms with Gasteiger partial charge in [-0.1, -0.05) is 26.0 Å². The van der Waals surface area contributed by atoms with Crippen molar-refractivity contribution in [1.82, 2.24) is 9.78 Å². The van der Waals surface area contributed by atoms with Crippen LogP contribution in [0.1, 0.15) is 19.4 Å². The van der Waals surface area contributed by atoms with E-state index in [-0.39, 0.29) is 0 Å². The molecule has 2 aromatic rings. The Kier molecular flexibility index (Phi) is 2.86. The molecule has 0 amide bonds. The number of hydrogen-bond donors (Lipinski definition) is 0. The Hall–Kier alpha value is -1.57. The minimum Gasteiger partial charge on any atom is -0.241 e. The van der Waals surface area contributed by atoms with Gasteiger partial charge in [0, 0.05) is 12.4 Å². The zero-order valence-corrected chi connectivity index (χ0v) is 9.22. The topological polar surface area (TPSA) is 17.8 Å². The van der Waals surface area contributed by atoms with Gasteiger partial charge >= 0.3 is 0 Å². The maximum atomic E-state index is 4.19. The lowest BCUT2D eigenvalue weighted by atomic mass is 10.0. The quantitative estimate of drug-likeness (QED) is 0.744. The van der Waals surface area contributed by atoms with Gasteiger partial charge in [0.1, 0.15) is 0 Å². The lowest BCUT2D eigenvalue weighted by Gasteiger charge is -2.06. The van der Waals surface area contributed by atoms with Gasteiger partial charge in [0.15, 0.2) is 0 Å². The highest BCUT2D eigenvalue weighted by Crippen LogP contribution is 2.11. The molecule has 0 saturated heterocycles. The summed E-state index contributed by atoms with van der Waals surface area (Å²) >= 11 is 0. The molecular formula is C13H16N2. The van der Waals surface area contributed by atoms with E-state index in [9.17, 15) is 0 Å². The lowest BCUT2D eigenvalue weighted by molar-refractivity contribution is 0.647. The first-order valence-electron chi connectivity index (χ1n) is 5.34. The van der Waals surface area contributed by atoms with E-state index in [1.807, 2.05) is 16.9 Å². The number of aromatic nitrogens is 2. The summed E-state index contributed by atoms with van der Waals surface area (Å²) in [5.74, 6) is 0.709. The van der Waals surface area contributed by atoms with E-state index < -0.39 is 0 Å². The minimum absolute atomic E-state index is 0.709. The Bertz CT molecular complexity index is 399. The number of hydrogen-bond acceptors (Lipinski definition) is 1. The Morgan fingerprint density at radius 2 is 1.93 bits per heavy atom. The molecule has 0 unspecified atom stereocenters. The minimum atomic E-state index is 0.709. The Labute approximate surface area is 90.6 Å². The molecule has 1 heterocycles. The van der Waals surface area contributed by atoms with Gasteiger partial charge in [-0.15, -0.1) is 0 Å². The van der Waals surface area contributed by atoms with Crippen molar-refractivity contribution >= 4 is 0 Å². The Morgan fingerprint density at radius 1 is 1.20 bits per heavy atom. The zero-order chi connectivity index (χ0) is 10.7. The average molecular weight is 200 g/mol. The molecule has 2 rings (SSSR count). The van der Waals surface area contributed by atoms with E-state index in [1.54, 1.807) is 6.20 Å². The maximum Gasteiger partial charge on any atom is 0.0645 e. The van der Waals surface area contributed by atoms with Crippen molar-refractivity contribution in [2.45, 2.75) is 20.3 Å². The zero-order valence-electron chi connectivity index (χ0n) is 9.22. The Balaban J connectivity index is 2.17. The molecule has 0 bridgehead atoms. The van der Waals surface area contributed by atoms with Crippen LogP contribution in [0.2, 0.25) is 0 Å². The molecule has 0 aliphatic heterocycles. The van der Waals surface area contributed by atoms with Crippen LogP contribution in [0.15, 0.2) is 42.7 Å². The predicted molar refractivity (Wildman–Crippen MR) is 62.1 cm³/mol. The fourth-order valence-corrected chi connectivity index (χ4v) is 1.68. The number of rotatable bonds is 3. The normalized spacial score (nSPS) is 10.9. The lowest BCUT2D eigenvalue weighted by Crippen LogP contribution is -1.96. The van der Waals surface area contributed by atoms with Gasteiger partial charge in [0.05, 0.1) is 5.69 Å². The number of benzene rings is 1. The second kappa shape index (κ2) is 4.30. The van der Waals surface area contributed by atoms with Crippen LogP contribution < -0.4 is 0 Å². The highest BCUT2D eigenvalue weighted by atomic mass is 15.3. The fourth-order valence-electron chi connectivity index (χ4n) is 1.68. The first-order chi connectivity index (χ1) is 7.25. The molecule has 0 N–H and O–H groups in total. The molecular weight excluding hydrogens is 184 g/mol. The molecule has 1 aromatic heterocycles. The van der Waals surface area contributed by atoms with E-state index in [1.165, 1.54) is 5.56 Å². The highest BCUT2D eigenvalue weighted by Gasteiger charge is 1.99. The van der Waals surface area contributed by atoms with E-state index in [0.717, 1.165) is 12.1 Å². The summed E-state index contributed by atoms with van der Waals surface area (Å²) in [5, 5.41) is 4.19. The van der Waals surface area contributed by atoms with E-state index in [4.69, 9.17) is 0 Å². The Morgan fingerprint density at radius 3 is 2.47 bits per heavy atom. The van der Waals surface area contributed by atoms with Crippen molar-refractivity contribution in [3.05, 3.63) is 48.3 Å². The predicted octanol–water partition coefficient (Wildman–Crippen LogP) is 3.07. The fraction of sp³-hybridized carbons (Fsp3) is 0.308. The molecule has 2 heteroatoms. The van der Waals surface area contributed by atoms with Crippen LogP contribution in [0.5, 0.6) is 0 Å². The van der Waals surface area contributed by atoms with Gasteiger partial charge in [0.2, 0.25) is 0 Å². The molecule has 0 radical (unpaired) electrons. The highest BCUT2D eigenvalue weighted by molar-refractivity contribution is 5.33. The first-order valence-corrected chi connectivity index (χ1v) is 5.34. The molecule has 0 fully saturated rings. The summed E-state index contributed by atoms with van der Waals surface area (Å²) in [6.07, 6.45) is 4.89. The van der Waals surface area contributed by atoms with Gasteiger partial charge in [-0.25, -0.2) is 4.68 Å². The summed E-state index contributed by atoms with van der Waals surface area (Å²) in [6.45, 7) is 4.48. The van der Waals surface area contributed by atoms with Crippen molar-refractivity contribution in [2.75, 3.05) is 0 Å². The third-order valence-electron chi connectivity index (χ3n) is 2.35. The van der Waals surface area contributed by atoms with Crippen LogP contribution in [-0.2, 0) is 6.42 Å². The standard InChI is InChI=1S/C13H16N2/c1-11(2)10-12-4-6-13(7-5-12)15-9-3-8-14-15/h3-9,11H,10H2,1-2H3. The second-order valence-electron chi connectivity index (χ2n) is 4.22. The summed E-state index contributed by atoms with van der Waals surface area (Å²) in [4.78, 5) is 0. The van der Waals surface area contributed by atoms with Gasteiger partial charge in [-0.3, -0.25) is 0 Å². The number of nitrogens with zero attached hydrogens (tertiary/aromatic N) is 2. The van der Waals surface area contributed by atoms with Crippen LogP contribution in [-0.4, -0.2) is 9.78 Å². The monoisotopic (exact) mass is 200 g/mol. The van der Waals surface area contributed by atoms with Crippen molar-refractivity contribution in [3.8, 4) is 5.69 Å². The van der Waals surface area contributed by atoms with Crippen LogP contribution in [0.25, 0.3) is 5.69 Å². The van der Waals surface area contributed by atoms with Gasteiger partial charge in [-0.2, -0.15) is 5.10 Å². The summed E-state index contributed by atoms with van der Waals surface area (Å²) in [5.41, 5.74) is 2.51. The van der Waals surface area contributed by atoms with Crippen molar-refractivity contribution < 1.29 is 0 Å². The van der Waals surface area contributed by atoms with Gasteiger partial charge in [0.25, 0.3) is 0 Å². The van der Waals surface area contributed by atoms with Crippen LogP contribution in [0.3, 0.4) is 0 Å². The molecule has 0 saturated carbocycles. The van der Waals surface area contributed by atoms with Crippen LogP contribution in [0.4, 0.5) is 0 Å². The summed E-state index contributed by atoms with van der Waals surface area (Å²) < 4.78 is 1.87. The van der Waals surface area contributed by atoms with Crippen LogP contribution in [0, 0.1) is 5.92 Å². The van der Waals surface area contributed by atoms with Crippen molar-refractivity contribution in [1.29, 1.82) is 0 Å². The molecule has 0 aliphatic carbocycles. The molecule has 1 aromatic carbocycles. The summed E-state index contributed by atoms with van der Waals surface area (Å²) in [6, 6.07) is 10.5. The largest absolute Gasteiger partial charge is 0.241 e. The molecule has 2 nitrogen and oxygen atoms in total. The third kappa shape index (κ3) is 2.46. The van der Waals surface area contributed by atoms with E-state index in [0.29, 0.717) is 5.92 Å². The first kappa shape index (κ1) is 9.97. The average Bonchev–Trinajstić information content (AvgIpc) is 2.71. The SMILES string of the molecule is CC(C)Cc1ccc(-n2cccn2)cc1. The van der Waals surface area contributed by atoms with Gasteiger partial charge < -0.3 is 0 Å². The maximum absolute atomic E-state index is 4.19. The van der Waals surface area contributed by atoms with Crippen molar-refractivity contribution in [2.24, 2.45) is 5.92 Å². The molecule has 0 atom stereocenters. The molecule has 0 aliphatic rings.